The minimum atomic E-state index is 0.852. The number of aryl methyl sites for hydroxylation is 2. The Hall–Kier alpha value is -7.30. The molecule has 0 unspecified atom stereocenters. The van der Waals surface area contributed by atoms with E-state index in [0.717, 1.165) is 112 Å². The maximum atomic E-state index is 6.65. The molecule has 0 radical (unpaired) electrons. The fourth-order valence-electron chi connectivity index (χ4n) is 8.59. The van der Waals surface area contributed by atoms with Crippen LogP contribution in [-0.4, -0.2) is 0 Å². The summed E-state index contributed by atoms with van der Waals surface area (Å²) in [5, 5.41) is 8.82. The van der Waals surface area contributed by atoms with E-state index in [2.05, 4.69) is 206 Å². The van der Waals surface area contributed by atoms with E-state index in [9.17, 15) is 0 Å². The molecule has 2 heterocycles. The van der Waals surface area contributed by atoms with Crippen molar-refractivity contribution in [3.05, 3.63) is 193 Å². The highest BCUT2D eigenvalue weighted by molar-refractivity contribution is 6.18. The SMILES string of the molecule is CCc1ccc(N(c2ccccc2)c2ccc3cc4c(cc3c2)oc2cc3c(cc24)oc2cc4cc(N(c5ccccc5)c5ccc(CC)cc5)ccc4cc23)cc1. The molecule has 0 aliphatic carbocycles. The molecule has 0 bridgehead atoms. The molecule has 0 saturated heterocycles. The normalized spacial score (nSPS) is 11.8. The zero-order valence-corrected chi connectivity index (χ0v) is 32.4. The van der Waals surface area contributed by atoms with E-state index in [1.165, 1.54) is 11.1 Å². The quantitative estimate of drug-likeness (QED) is 0.155. The van der Waals surface area contributed by atoms with Gasteiger partial charge < -0.3 is 18.6 Å². The molecule has 58 heavy (non-hydrogen) atoms. The molecular formula is C54H40N2O2. The van der Waals surface area contributed by atoms with Gasteiger partial charge >= 0.3 is 0 Å². The van der Waals surface area contributed by atoms with Gasteiger partial charge in [0.2, 0.25) is 0 Å². The Kier molecular flexibility index (Phi) is 8.04. The van der Waals surface area contributed by atoms with E-state index in [-0.39, 0.29) is 0 Å². The van der Waals surface area contributed by atoms with Crippen molar-refractivity contribution < 1.29 is 8.83 Å². The highest BCUT2D eigenvalue weighted by Crippen LogP contribution is 2.42. The summed E-state index contributed by atoms with van der Waals surface area (Å²) < 4.78 is 13.3. The molecule has 11 aromatic rings. The van der Waals surface area contributed by atoms with Crippen molar-refractivity contribution >= 4 is 99.5 Å². The summed E-state index contributed by atoms with van der Waals surface area (Å²) in [6.45, 7) is 4.38. The number of benzene rings is 9. The Morgan fingerprint density at radius 2 is 0.655 bits per heavy atom. The predicted molar refractivity (Wildman–Crippen MR) is 244 cm³/mol. The molecule has 11 rings (SSSR count). The Balaban J connectivity index is 0.991. The number of nitrogens with zero attached hydrogens (tertiary/aromatic N) is 2. The van der Waals surface area contributed by atoms with Gasteiger partial charge in [0.05, 0.1) is 0 Å². The number of anilines is 6. The fraction of sp³-hybridized carbons (Fsp3) is 0.0741. The van der Waals surface area contributed by atoms with Crippen molar-refractivity contribution in [3.63, 3.8) is 0 Å². The first-order valence-corrected chi connectivity index (χ1v) is 20.2. The predicted octanol–water partition coefficient (Wildman–Crippen LogP) is 15.9. The van der Waals surface area contributed by atoms with Crippen LogP contribution >= 0.6 is 0 Å². The van der Waals surface area contributed by atoms with E-state index >= 15 is 0 Å². The fourth-order valence-corrected chi connectivity index (χ4v) is 8.59. The van der Waals surface area contributed by atoms with E-state index in [4.69, 9.17) is 8.83 Å². The molecule has 2 aromatic heterocycles. The van der Waals surface area contributed by atoms with Crippen LogP contribution in [0, 0.1) is 0 Å². The highest BCUT2D eigenvalue weighted by Gasteiger charge is 2.18. The van der Waals surface area contributed by atoms with Crippen molar-refractivity contribution in [1.29, 1.82) is 0 Å². The number of furan rings is 2. The molecule has 0 atom stereocenters. The Morgan fingerprint density at radius 3 is 1.05 bits per heavy atom. The molecule has 0 saturated carbocycles. The molecule has 0 aliphatic rings. The van der Waals surface area contributed by atoms with E-state index < -0.39 is 0 Å². The molecule has 9 aromatic carbocycles. The van der Waals surface area contributed by atoms with Crippen molar-refractivity contribution in [1.82, 2.24) is 0 Å². The van der Waals surface area contributed by atoms with Gasteiger partial charge in [-0.3, -0.25) is 0 Å². The average molecular weight is 749 g/mol. The number of fused-ring (bicyclic) bond motifs is 8. The van der Waals surface area contributed by atoms with Crippen molar-refractivity contribution in [2.75, 3.05) is 9.80 Å². The third kappa shape index (κ3) is 5.76. The first-order valence-electron chi connectivity index (χ1n) is 20.2. The van der Waals surface area contributed by atoms with Crippen LogP contribution in [0.25, 0.3) is 65.4 Å². The van der Waals surface area contributed by atoms with Crippen LogP contribution in [0.5, 0.6) is 0 Å². The topological polar surface area (TPSA) is 32.8 Å². The molecule has 0 amide bonds. The average Bonchev–Trinajstić information content (AvgIpc) is 3.80. The molecule has 0 N–H and O–H groups in total. The molecule has 4 nitrogen and oxygen atoms in total. The Bertz CT molecular complexity index is 3070. The maximum Gasteiger partial charge on any atom is 0.136 e. The van der Waals surface area contributed by atoms with Gasteiger partial charge in [0.1, 0.15) is 22.3 Å². The molecule has 0 spiro atoms. The molecule has 0 aliphatic heterocycles. The monoisotopic (exact) mass is 748 g/mol. The second kappa shape index (κ2) is 13.7. The van der Waals surface area contributed by atoms with Crippen LogP contribution in [0.15, 0.2) is 191 Å². The lowest BCUT2D eigenvalue weighted by molar-refractivity contribution is 0.664. The summed E-state index contributed by atoms with van der Waals surface area (Å²) in [5.74, 6) is 0. The van der Waals surface area contributed by atoms with E-state index in [1.807, 2.05) is 0 Å². The van der Waals surface area contributed by atoms with Crippen LogP contribution in [-0.2, 0) is 12.8 Å². The van der Waals surface area contributed by atoms with Gasteiger partial charge in [-0.15, -0.1) is 0 Å². The number of para-hydroxylation sites is 2. The molecule has 0 fully saturated rings. The summed E-state index contributed by atoms with van der Waals surface area (Å²) in [6.07, 6.45) is 2.02. The van der Waals surface area contributed by atoms with Gasteiger partial charge in [-0.25, -0.2) is 0 Å². The number of hydrogen-bond donors (Lipinski definition) is 0. The first kappa shape index (κ1) is 34.0. The summed E-state index contributed by atoms with van der Waals surface area (Å²) in [7, 11) is 0. The highest BCUT2D eigenvalue weighted by atomic mass is 16.3. The van der Waals surface area contributed by atoms with Gasteiger partial charge in [-0.2, -0.15) is 0 Å². The lowest BCUT2D eigenvalue weighted by atomic mass is 10.0. The lowest BCUT2D eigenvalue weighted by Crippen LogP contribution is -2.09. The Labute approximate surface area is 336 Å². The third-order valence-corrected chi connectivity index (χ3v) is 11.7. The van der Waals surface area contributed by atoms with Crippen molar-refractivity contribution in [2.24, 2.45) is 0 Å². The second-order valence-electron chi connectivity index (χ2n) is 15.2. The molecule has 278 valence electrons. The van der Waals surface area contributed by atoms with Crippen molar-refractivity contribution in [3.8, 4) is 0 Å². The van der Waals surface area contributed by atoms with Crippen LogP contribution < -0.4 is 9.80 Å². The summed E-state index contributed by atoms with van der Waals surface area (Å²) >= 11 is 0. The van der Waals surface area contributed by atoms with Crippen LogP contribution in [0.4, 0.5) is 34.1 Å². The smallest absolute Gasteiger partial charge is 0.136 e. The minimum Gasteiger partial charge on any atom is -0.456 e. The summed E-state index contributed by atoms with van der Waals surface area (Å²) in [5.41, 5.74) is 12.8. The minimum absolute atomic E-state index is 0.852. The standard InChI is InChI=1S/C54H40N2O2/c1-3-35-15-21-43(22-16-35)55(41-11-7-5-8-12-41)45-25-19-37-29-47-49-33-54-50(34-53(49)57-51(47)31-39(37)27-45)48-30-38-20-26-46(28-40(38)32-52(48)58-54)56(42-13-9-6-10-14-42)44-23-17-36(4-2)18-24-44/h5-34H,3-4H2,1-2H3. The lowest BCUT2D eigenvalue weighted by Gasteiger charge is -2.26. The molecule has 4 heteroatoms. The Morgan fingerprint density at radius 1 is 0.310 bits per heavy atom. The van der Waals surface area contributed by atoms with Crippen molar-refractivity contribution in [2.45, 2.75) is 26.7 Å². The third-order valence-electron chi connectivity index (χ3n) is 11.7. The van der Waals surface area contributed by atoms with Gasteiger partial charge in [0.25, 0.3) is 0 Å². The molecular weight excluding hydrogens is 709 g/mol. The van der Waals surface area contributed by atoms with Crippen LogP contribution in [0.1, 0.15) is 25.0 Å². The second-order valence-corrected chi connectivity index (χ2v) is 15.2. The van der Waals surface area contributed by atoms with Gasteiger partial charge in [-0.05, 0) is 155 Å². The first-order chi connectivity index (χ1) is 28.6. The van der Waals surface area contributed by atoms with Crippen LogP contribution in [0.3, 0.4) is 0 Å². The number of rotatable bonds is 8. The van der Waals surface area contributed by atoms with E-state index in [0.29, 0.717) is 0 Å². The summed E-state index contributed by atoms with van der Waals surface area (Å²) in [6, 6.07) is 65.4. The zero-order chi connectivity index (χ0) is 38.7. The largest absolute Gasteiger partial charge is 0.456 e. The number of hydrogen-bond acceptors (Lipinski definition) is 4. The van der Waals surface area contributed by atoms with Crippen LogP contribution in [0.2, 0.25) is 0 Å². The maximum absolute atomic E-state index is 6.65. The van der Waals surface area contributed by atoms with Gasteiger partial charge in [-0.1, -0.05) is 86.6 Å². The van der Waals surface area contributed by atoms with Gasteiger partial charge in [0.15, 0.2) is 0 Å². The zero-order valence-electron chi connectivity index (χ0n) is 32.4. The summed E-state index contributed by atoms with van der Waals surface area (Å²) in [4.78, 5) is 4.63. The van der Waals surface area contributed by atoms with E-state index in [1.54, 1.807) is 0 Å². The van der Waals surface area contributed by atoms with Gasteiger partial charge in [0, 0.05) is 55.7 Å².